The predicted octanol–water partition coefficient (Wildman–Crippen LogP) is 6.13. The summed E-state index contributed by atoms with van der Waals surface area (Å²) in [4.78, 5) is 0. The maximum atomic E-state index is 2.81. The molecule has 4 rings (SSSR count). The Kier molecular flexibility index (Phi) is 4.08. The Balaban J connectivity index is 1.66. The normalized spacial score (nSPS) is 45.0. The Morgan fingerprint density at radius 1 is 1.10 bits per heavy atom. The zero-order valence-corrected chi connectivity index (χ0v) is 15.1. The quantitative estimate of drug-likeness (QED) is 0.423. The molecule has 2 bridgehead atoms. The molecular weight excluding hydrogens is 251 g/mol. The van der Waals surface area contributed by atoms with Crippen molar-refractivity contribution in [2.24, 2.45) is 29.1 Å². The lowest BCUT2D eigenvalue weighted by Crippen LogP contribution is -2.54. The third-order valence-electron chi connectivity index (χ3n) is 7.73. The van der Waals surface area contributed by atoms with E-state index in [1.807, 2.05) is 0 Å². The molecule has 0 aromatic rings. The van der Waals surface area contributed by atoms with Gasteiger partial charge < -0.3 is 0 Å². The molecule has 4 aliphatic carbocycles. The Bertz CT molecular complexity index is 429. The van der Waals surface area contributed by atoms with Gasteiger partial charge in [0.1, 0.15) is 7.28 Å². The monoisotopic (exact) mass is 285 g/mol. The molecule has 0 N–H and O–H groups in total. The highest BCUT2D eigenvalue weighted by Crippen LogP contribution is 2.65. The summed E-state index contributed by atoms with van der Waals surface area (Å²) in [7, 11) is 2.81. The van der Waals surface area contributed by atoms with Crippen molar-refractivity contribution in [1.29, 1.82) is 0 Å². The van der Waals surface area contributed by atoms with E-state index in [0.717, 1.165) is 35.3 Å². The summed E-state index contributed by atoms with van der Waals surface area (Å²) >= 11 is 0. The molecule has 6 atom stereocenters. The first-order valence-electron chi connectivity index (χ1n) is 9.33. The van der Waals surface area contributed by atoms with Crippen LogP contribution in [0.5, 0.6) is 0 Å². The van der Waals surface area contributed by atoms with Crippen LogP contribution in [0.3, 0.4) is 0 Å². The second kappa shape index (κ2) is 5.46. The van der Waals surface area contributed by atoms with E-state index >= 15 is 0 Å². The van der Waals surface area contributed by atoms with Crippen molar-refractivity contribution in [3.8, 4) is 0 Å². The number of rotatable bonds is 2. The average Bonchev–Trinajstić information content (AvgIpc) is 2.42. The van der Waals surface area contributed by atoms with Crippen LogP contribution in [-0.4, -0.2) is 7.28 Å². The molecule has 0 heterocycles. The van der Waals surface area contributed by atoms with Gasteiger partial charge in [0.05, 0.1) is 0 Å². The lowest BCUT2D eigenvalue weighted by atomic mass is 9.34. The summed E-state index contributed by atoms with van der Waals surface area (Å²) in [5.41, 5.74) is 3.98. The lowest BCUT2D eigenvalue weighted by Gasteiger charge is -2.62. The highest BCUT2D eigenvalue weighted by atomic mass is 14.6. The van der Waals surface area contributed by atoms with E-state index in [-0.39, 0.29) is 0 Å². The SMILES string of the molecule is CC(C)=C1CCCC([B]C2C[C@@H]3C[C@H](C2C)C3(C)C)C1C. The molecule has 1 radical (unpaired) electrons. The molecule has 0 saturated heterocycles. The number of hydrogen-bond donors (Lipinski definition) is 0. The molecule has 117 valence electrons. The van der Waals surface area contributed by atoms with E-state index in [4.69, 9.17) is 0 Å². The molecule has 0 aromatic heterocycles. The molecule has 4 aliphatic rings. The Hall–Kier alpha value is -0.195. The molecule has 4 fully saturated rings. The summed E-state index contributed by atoms with van der Waals surface area (Å²) in [6, 6.07) is 0. The van der Waals surface area contributed by atoms with Gasteiger partial charge in [0.25, 0.3) is 0 Å². The van der Waals surface area contributed by atoms with Crippen LogP contribution >= 0.6 is 0 Å². The molecule has 0 aliphatic heterocycles. The van der Waals surface area contributed by atoms with Crippen molar-refractivity contribution < 1.29 is 0 Å². The first-order valence-corrected chi connectivity index (χ1v) is 9.33. The van der Waals surface area contributed by atoms with Gasteiger partial charge in [-0.05, 0) is 62.2 Å². The van der Waals surface area contributed by atoms with Gasteiger partial charge in [-0.25, -0.2) is 0 Å². The number of hydrogen-bond acceptors (Lipinski definition) is 0. The van der Waals surface area contributed by atoms with Crippen LogP contribution in [0.25, 0.3) is 0 Å². The molecule has 4 unspecified atom stereocenters. The Morgan fingerprint density at radius 3 is 2.38 bits per heavy atom. The molecular formula is C20H34B. The second-order valence-electron chi connectivity index (χ2n) is 9.18. The minimum atomic E-state index is 0.632. The first kappa shape index (κ1) is 15.7. The molecule has 0 aromatic carbocycles. The van der Waals surface area contributed by atoms with E-state index in [2.05, 4.69) is 48.8 Å². The first-order chi connectivity index (χ1) is 9.82. The van der Waals surface area contributed by atoms with Crippen LogP contribution in [-0.2, 0) is 0 Å². The van der Waals surface area contributed by atoms with Gasteiger partial charge in [-0.1, -0.05) is 63.3 Å². The third-order valence-corrected chi connectivity index (χ3v) is 7.73. The van der Waals surface area contributed by atoms with E-state index in [0.29, 0.717) is 5.41 Å². The van der Waals surface area contributed by atoms with Gasteiger partial charge in [0.15, 0.2) is 0 Å². The maximum Gasteiger partial charge on any atom is 0.118 e. The fourth-order valence-corrected chi connectivity index (χ4v) is 5.99. The summed E-state index contributed by atoms with van der Waals surface area (Å²) in [5.74, 6) is 5.43. The van der Waals surface area contributed by atoms with Crippen LogP contribution in [0.1, 0.15) is 73.6 Å². The zero-order valence-electron chi connectivity index (χ0n) is 15.1. The maximum absolute atomic E-state index is 2.81. The topological polar surface area (TPSA) is 0 Å². The molecule has 21 heavy (non-hydrogen) atoms. The lowest BCUT2D eigenvalue weighted by molar-refractivity contribution is -0.0987. The van der Waals surface area contributed by atoms with Gasteiger partial charge in [-0.2, -0.15) is 0 Å². The van der Waals surface area contributed by atoms with Crippen LogP contribution in [0, 0.1) is 29.1 Å². The standard InChI is InChI=1S/C20H34B/c1-12(2)16-8-7-9-18(13(16)3)21-19-11-15-10-17(14(19)4)20(15,5)6/h13-15,17-19H,7-11H2,1-6H3/t13?,14?,15-,17+,18?,19?/m0/s1. The third kappa shape index (κ3) is 2.53. The second-order valence-corrected chi connectivity index (χ2v) is 9.18. The zero-order chi connectivity index (χ0) is 15.4. The molecule has 4 saturated carbocycles. The van der Waals surface area contributed by atoms with Gasteiger partial charge in [-0.3, -0.25) is 0 Å². The number of fused-ring (bicyclic) bond motifs is 2. The molecule has 1 heteroatoms. The highest BCUT2D eigenvalue weighted by Gasteiger charge is 2.56. The predicted molar refractivity (Wildman–Crippen MR) is 93.8 cm³/mol. The van der Waals surface area contributed by atoms with E-state index in [1.54, 1.807) is 11.1 Å². The summed E-state index contributed by atoms with van der Waals surface area (Å²) in [6.45, 7) is 14.7. The molecule has 0 nitrogen and oxygen atoms in total. The fraction of sp³-hybridized carbons (Fsp3) is 0.900. The van der Waals surface area contributed by atoms with Crippen molar-refractivity contribution in [1.82, 2.24) is 0 Å². The van der Waals surface area contributed by atoms with E-state index in [9.17, 15) is 0 Å². The van der Waals surface area contributed by atoms with Crippen molar-refractivity contribution in [2.45, 2.75) is 85.3 Å². The summed E-state index contributed by atoms with van der Waals surface area (Å²) in [5, 5.41) is 0. The highest BCUT2D eigenvalue weighted by molar-refractivity contribution is 6.40. The minimum Gasteiger partial charge on any atom is -0.0770 e. The van der Waals surface area contributed by atoms with Gasteiger partial charge in [0.2, 0.25) is 0 Å². The minimum absolute atomic E-state index is 0.632. The van der Waals surface area contributed by atoms with Crippen molar-refractivity contribution in [2.75, 3.05) is 0 Å². The van der Waals surface area contributed by atoms with E-state index < -0.39 is 0 Å². The molecule has 0 amide bonds. The van der Waals surface area contributed by atoms with Crippen LogP contribution in [0.2, 0.25) is 11.6 Å². The van der Waals surface area contributed by atoms with Gasteiger partial charge in [-0.15, -0.1) is 0 Å². The van der Waals surface area contributed by atoms with Crippen molar-refractivity contribution in [3.63, 3.8) is 0 Å². The largest absolute Gasteiger partial charge is 0.118 e. The van der Waals surface area contributed by atoms with Gasteiger partial charge in [0, 0.05) is 0 Å². The van der Waals surface area contributed by atoms with Crippen molar-refractivity contribution >= 4 is 7.28 Å². The smallest absolute Gasteiger partial charge is 0.0770 e. The summed E-state index contributed by atoms with van der Waals surface area (Å²) < 4.78 is 0. The van der Waals surface area contributed by atoms with E-state index in [1.165, 1.54) is 32.1 Å². The van der Waals surface area contributed by atoms with Crippen molar-refractivity contribution in [3.05, 3.63) is 11.1 Å². The average molecular weight is 285 g/mol. The molecule has 0 spiro atoms. The van der Waals surface area contributed by atoms with Crippen LogP contribution in [0.15, 0.2) is 11.1 Å². The van der Waals surface area contributed by atoms with Crippen LogP contribution < -0.4 is 0 Å². The fourth-order valence-electron chi connectivity index (χ4n) is 5.99. The van der Waals surface area contributed by atoms with Gasteiger partial charge >= 0.3 is 0 Å². The Labute approximate surface area is 133 Å². The number of allylic oxidation sites excluding steroid dienone is 2. The summed E-state index contributed by atoms with van der Waals surface area (Å²) in [6.07, 6.45) is 7.17. The van der Waals surface area contributed by atoms with Crippen LogP contribution in [0.4, 0.5) is 0 Å². The Morgan fingerprint density at radius 2 is 1.81 bits per heavy atom.